The summed E-state index contributed by atoms with van der Waals surface area (Å²) < 4.78 is 54.9. The molecule has 10 heteroatoms. The van der Waals surface area contributed by atoms with Gasteiger partial charge in [0.1, 0.15) is 5.82 Å². The van der Waals surface area contributed by atoms with E-state index in [-0.39, 0.29) is 37.3 Å². The third kappa shape index (κ3) is 10.0. The predicted octanol–water partition coefficient (Wildman–Crippen LogP) is 4.77. The second kappa shape index (κ2) is 12.0. The van der Waals surface area contributed by atoms with E-state index in [1.54, 1.807) is 17.4 Å². The Bertz CT molecular complexity index is 969. The van der Waals surface area contributed by atoms with Crippen molar-refractivity contribution < 1.29 is 32.6 Å². The van der Waals surface area contributed by atoms with Crippen molar-refractivity contribution in [2.75, 3.05) is 20.1 Å². The maximum Gasteiger partial charge on any atom is 0.416 e. The van der Waals surface area contributed by atoms with Gasteiger partial charge in [-0.3, -0.25) is 4.79 Å². The van der Waals surface area contributed by atoms with Crippen LogP contribution in [0.3, 0.4) is 0 Å². The first-order valence-electron chi connectivity index (χ1n) is 10.7. The summed E-state index contributed by atoms with van der Waals surface area (Å²) in [6.07, 6.45) is -5.09. The zero-order chi connectivity index (χ0) is 25.5. The van der Waals surface area contributed by atoms with Crippen LogP contribution in [0.2, 0.25) is 0 Å². The van der Waals surface area contributed by atoms with Crippen LogP contribution in [0.25, 0.3) is 0 Å². The molecule has 0 bridgehead atoms. The lowest BCUT2D eigenvalue weighted by molar-refractivity contribution is -0.138. The van der Waals surface area contributed by atoms with Gasteiger partial charge in [-0.25, -0.2) is 8.70 Å². The number of likely N-dealkylation sites (N-methyl/N-ethyl adjacent to an activating group) is 1. The molecule has 0 amide bonds. The Balaban J connectivity index is 1.95. The average molecular weight is 503 g/mol. The van der Waals surface area contributed by atoms with Gasteiger partial charge in [-0.05, 0) is 87.1 Å². The van der Waals surface area contributed by atoms with Crippen LogP contribution < -0.4 is 5.32 Å². The molecular formula is C24H30F4N2O3S. The van der Waals surface area contributed by atoms with Crippen LogP contribution >= 0.6 is 11.9 Å². The Labute approximate surface area is 201 Å². The average Bonchev–Trinajstić information content (AvgIpc) is 2.69. The van der Waals surface area contributed by atoms with Gasteiger partial charge in [0, 0.05) is 29.9 Å². The highest BCUT2D eigenvalue weighted by atomic mass is 32.2. The van der Waals surface area contributed by atoms with Crippen molar-refractivity contribution in [3.8, 4) is 0 Å². The van der Waals surface area contributed by atoms with Crippen LogP contribution in [0.4, 0.5) is 17.6 Å². The van der Waals surface area contributed by atoms with Crippen LogP contribution in [0.1, 0.15) is 37.0 Å². The van der Waals surface area contributed by atoms with Crippen LogP contribution in [0.5, 0.6) is 0 Å². The van der Waals surface area contributed by atoms with E-state index in [2.05, 4.69) is 5.32 Å². The van der Waals surface area contributed by atoms with E-state index in [9.17, 15) is 27.5 Å². The largest absolute Gasteiger partial charge is 0.481 e. The number of aryl methyl sites for hydroxylation is 1. The van der Waals surface area contributed by atoms with E-state index >= 15 is 0 Å². The lowest BCUT2D eigenvalue weighted by atomic mass is 9.94. The van der Waals surface area contributed by atoms with Gasteiger partial charge in [0.2, 0.25) is 0 Å². The van der Waals surface area contributed by atoms with E-state index in [0.29, 0.717) is 11.3 Å². The molecule has 1 atom stereocenters. The summed E-state index contributed by atoms with van der Waals surface area (Å²) in [5.74, 6) is -1.40. The second-order valence-electron chi connectivity index (χ2n) is 8.88. The summed E-state index contributed by atoms with van der Waals surface area (Å²) in [5.41, 5.74) is -0.148. The van der Waals surface area contributed by atoms with Crippen LogP contribution in [0.15, 0.2) is 47.4 Å². The van der Waals surface area contributed by atoms with Gasteiger partial charge in [0.05, 0.1) is 11.7 Å². The van der Waals surface area contributed by atoms with Crippen LogP contribution in [-0.2, 0) is 23.8 Å². The van der Waals surface area contributed by atoms with E-state index in [1.165, 1.54) is 18.2 Å². The summed E-state index contributed by atoms with van der Waals surface area (Å²) in [4.78, 5) is 11.1. The SMILES string of the molecule is CN(C[C@H](O)CNC(C)(C)Cc1cccc(F)c1)Sc1cc(CCC(=O)O)cc(C(F)(F)F)c1. The number of β-amino-alcohol motifs (C(OH)–C–C–N with tert-alkyl or cyclic N) is 1. The monoisotopic (exact) mass is 502 g/mol. The highest BCUT2D eigenvalue weighted by Gasteiger charge is 2.31. The quantitative estimate of drug-likeness (QED) is 0.287. The fraction of sp³-hybridized carbons (Fsp3) is 0.458. The second-order valence-corrected chi connectivity index (χ2v) is 10.2. The number of aliphatic hydroxyl groups is 1. The number of halogens is 4. The number of hydrogen-bond acceptors (Lipinski definition) is 5. The van der Waals surface area contributed by atoms with Gasteiger partial charge in [0.15, 0.2) is 0 Å². The van der Waals surface area contributed by atoms with Gasteiger partial charge in [-0.15, -0.1) is 0 Å². The van der Waals surface area contributed by atoms with Gasteiger partial charge in [0.25, 0.3) is 0 Å². The third-order valence-electron chi connectivity index (χ3n) is 5.00. The highest BCUT2D eigenvalue weighted by Crippen LogP contribution is 2.34. The van der Waals surface area contributed by atoms with E-state index in [1.807, 2.05) is 19.9 Å². The Morgan fingerprint density at radius 3 is 2.47 bits per heavy atom. The Morgan fingerprint density at radius 2 is 1.85 bits per heavy atom. The van der Waals surface area contributed by atoms with Gasteiger partial charge < -0.3 is 15.5 Å². The van der Waals surface area contributed by atoms with Crippen molar-refractivity contribution >= 4 is 17.9 Å². The molecule has 0 unspecified atom stereocenters. The zero-order valence-corrected chi connectivity index (χ0v) is 20.1. The number of hydrogen-bond donors (Lipinski definition) is 3. The summed E-state index contributed by atoms with van der Waals surface area (Å²) in [5, 5.41) is 22.5. The lowest BCUT2D eigenvalue weighted by Gasteiger charge is -2.29. The molecule has 2 aromatic rings. The number of alkyl halides is 3. The zero-order valence-electron chi connectivity index (χ0n) is 19.3. The summed E-state index contributed by atoms with van der Waals surface area (Å²) in [7, 11) is 1.66. The number of nitrogens with zero attached hydrogens (tertiary/aromatic N) is 1. The molecule has 0 aromatic heterocycles. The Hall–Kier alpha value is -2.14. The molecule has 0 aliphatic carbocycles. The van der Waals surface area contributed by atoms with E-state index < -0.39 is 29.4 Å². The van der Waals surface area contributed by atoms with Gasteiger partial charge >= 0.3 is 12.1 Å². The number of aliphatic hydroxyl groups excluding tert-OH is 1. The minimum Gasteiger partial charge on any atom is -0.481 e. The molecule has 2 aromatic carbocycles. The number of aliphatic carboxylic acids is 1. The highest BCUT2D eigenvalue weighted by molar-refractivity contribution is 7.97. The van der Waals surface area contributed by atoms with Crippen molar-refractivity contribution in [1.82, 2.24) is 9.62 Å². The fourth-order valence-corrected chi connectivity index (χ4v) is 4.46. The predicted molar refractivity (Wildman–Crippen MR) is 124 cm³/mol. The Kier molecular flexibility index (Phi) is 9.93. The summed E-state index contributed by atoms with van der Waals surface area (Å²) in [6.45, 7) is 4.28. The first-order chi connectivity index (χ1) is 15.7. The van der Waals surface area contributed by atoms with Crippen molar-refractivity contribution in [3.05, 3.63) is 65.0 Å². The lowest BCUT2D eigenvalue weighted by Crippen LogP contribution is -2.46. The van der Waals surface area contributed by atoms with Crippen LogP contribution in [-0.4, -0.2) is 52.3 Å². The van der Waals surface area contributed by atoms with Gasteiger partial charge in [-0.2, -0.15) is 13.2 Å². The molecule has 0 saturated carbocycles. The van der Waals surface area contributed by atoms with Gasteiger partial charge in [-0.1, -0.05) is 12.1 Å². The molecule has 34 heavy (non-hydrogen) atoms. The van der Waals surface area contributed by atoms with Crippen molar-refractivity contribution in [1.29, 1.82) is 0 Å². The molecule has 0 aliphatic heterocycles. The molecule has 0 spiro atoms. The molecule has 0 radical (unpaired) electrons. The topological polar surface area (TPSA) is 72.8 Å². The minimum atomic E-state index is -4.55. The maximum absolute atomic E-state index is 13.4. The number of rotatable bonds is 12. The van der Waals surface area contributed by atoms with E-state index in [4.69, 9.17) is 5.11 Å². The van der Waals surface area contributed by atoms with Crippen LogP contribution in [0, 0.1) is 5.82 Å². The van der Waals surface area contributed by atoms with Crippen molar-refractivity contribution in [3.63, 3.8) is 0 Å². The molecule has 188 valence electrons. The number of carbonyl (C=O) groups is 1. The standard InChI is InChI=1S/C24H30F4N2O3S/c1-23(2,13-17-5-4-6-19(25)10-17)29-14-20(31)15-30(3)34-21-11-16(7-8-22(32)33)9-18(12-21)24(26,27)28/h4-6,9-12,20,29,31H,7-8,13-15H2,1-3H3,(H,32,33)/t20-/m1/s1. The molecular weight excluding hydrogens is 472 g/mol. The minimum absolute atomic E-state index is 0.0104. The molecule has 5 nitrogen and oxygen atoms in total. The summed E-state index contributed by atoms with van der Waals surface area (Å²) in [6, 6.07) is 9.82. The third-order valence-corrected chi connectivity index (χ3v) is 5.91. The van der Waals surface area contributed by atoms with E-state index in [0.717, 1.165) is 29.6 Å². The molecule has 0 fully saturated rings. The molecule has 2 rings (SSSR count). The number of carboxylic acids is 1. The fourth-order valence-electron chi connectivity index (χ4n) is 3.47. The number of benzene rings is 2. The molecule has 0 aliphatic rings. The smallest absolute Gasteiger partial charge is 0.416 e. The molecule has 0 saturated heterocycles. The van der Waals surface area contributed by atoms with Crippen molar-refractivity contribution in [2.24, 2.45) is 0 Å². The first kappa shape index (κ1) is 28.1. The summed E-state index contributed by atoms with van der Waals surface area (Å²) >= 11 is 1.04. The number of nitrogens with one attached hydrogen (secondary N) is 1. The molecule has 0 heterocycles. The molecule has 3 N–H and O–H groups in total. The Morgan fingerprint density at radius 1 is 1.15 bits per heavy atom. The number of carboxylic acid groups (broad SMARTS) is 1. The first-order valence-corrected chi connectivity index (χ1v) is 11.5. The van der Waals surface area contributed by atoms with Crippen molar-refractivity contribution in [2.45, 2.75) is 55.8 Å². The maximum atomic E-state index is 13.4. The normalized spacial score (nSPS) is 13.3.